The fourth-order valence-electron chi connectivity index (χ4n) is 2.08. The van der Waals surface area contributed by atoms with Crippen LogP contribution in [0.2, 0.25) is 0 Å². The van der Waals surface area contributed by atoms with Gasteiger partial charge in [-0.15, -0.1) is 0 Å². The number of fused-ring (bicyclic) bond motifs is 1. The number of nitrogens with one attached hydrogen (secondary N) is 1. The Morgan fingerprint density at radius 2 is 2.38 bits per heavy atom. The van der Waals surface area contributed by atoms with Gasteiger partial charge in [0.1, 0.15) is 12.3 Å². The van der Waals surface area contributed by atoms with Crippen LogP contribution in [0.5, 0.6) is 0 Å². The fourth-order valence-corrected chi connectivity index (χ4v) is 2.08. The zero-order chi connectivity index (χ0) is 11.5. The minimum Gasteiger partial charge on any atom is -0.468 e. The number of esters is 1. The van der Waals surface area contributed by atoms with Crippen molar-refractivity contribution in [2.45, 2.75) is 12.5 Å². The third-order valence-electron chi connectivity index (χ3n) is 2.83. The van der Waals surface area contributed by atoms with Gasteiger partial charge in [-0.2, -0.15) is 0 Å². The van der Waals surface area contributed by atoms with Crippen LogP contribution in [0.15, 0.2) is 18.2 Å². The summed E-state index contributed by atoms with van der Waals surface area (Å²) in [5, 5.41) is 3.07. The van der Waals surface area contributed by atoms with Gasteiger partial charge in [-0.25, -0.2) is 4.79 Å². The van der Waals surface area contributed by atoms with E-state index in [1.165, 1.54) is 7.11 Å². The lowest BCUT2D eigenvalue weighted by Gasteiger charge is -2.26. The second-order valence-electron chi connectivity index (χ2n) is 3.70. The molecule has 4 nitrogen and oxygen atoms in total. The molecular weight excluding hydrogens is 206 g/mol. The normalized spacial score (nSPS) is 18.7. The summed E-state index contributed by atoms with van der Waals surface area (Å²) in [5.74, 6) is -0.352. The Hall–Kier alpha value is -1.68. The maximum atomic E-state index is 11.6. The molecule has 0 fully saturated rings. The first-order valence-corrected chi connectivity index (χ1v) is 5.16. The minimum absolute atomic E-state index is 0.352. The number of carbonyl (C=O) groups excluding carboxylic acids is 2. The number of hydrogen-bond acceptors (Lipinski definition) is 4. The topological polar surface area (TPSA) is 55.4 Å². The molecule has 0 amide bonds. The summed E-state index contributed by atoms with van der Waals surface area (Å²) >= 11 is 0. The first-order valence-electron chi connectivity index (χ1n) is 5.16. The van der Waals surface area contributed by atoms with E-state index in [0.717, 1.165) is 30.4 Å². The van der Waals surface area contributed by atoms with Crippen molar-refractivity contribution >= 4 is 12.3 Å². The number of rotatable bonds is 2. The van der Waals surface area contributed by atoms with E-state index in [2.05, 4.69) is 5.32 Å². The number of aldehydes is 1. The van der Waals surface area contributed by atoms with Gasteiger partial charge in [-0.1, -0.05) is 18.2 Å². The second-order valence-corrected chi connectivity index (χ2v) is 3.70. The molecule has 0 saturated heterocycles. The Morgan fingerprint density at radius 1 is 1.56 bits per heavy atom. The molecule has 0 radical (unpaired) electrons. The number of methoxy groups -OCH3 is 1. The lowest BCUT2D eigenvalue weighted by Crippen LogP contribution is -2.36. The predicted octanol–water partition coefficient (Wildman–Crippen LogP) is 0.859. The average Bonchev–Trinajstić information content (AvgIpc) is 2.36. The summed E-state index contributed by atoms with van der Waals surface area (Å²) in [6.07, 6.45) is 1.60. The molecule has 0 bridgehead atoms. The molecule has 16 heavy (non-hydrogen) atoms. The quantitative estimate of drug-likeness (QED) is 0.592. The standard InChI is InChI=1S/C12H13NO3/c1-16-12(15)11-10-8(5-6-13-11)3-2-4-9(10)7-14/h2-4,7,11,13H,5-6H2,1H3. The highest BCUT2D eigenvalue weighted by Gasteiger charge is 2.28. The van der Waals surface area contributed by atoms with Gasteiger partial charge in [-0.05, 0) is 17.5 Å². The molecule has 1 aromatic rings. The molecule has 1 aliphatic heterocycles. The van der Waals surface area contributed by atoms with Crippen LogP contribution >= 0.6 is 0 Å². The van der Waals surface area contributed by atoms with Crippen molar-refractivity contribution in [3.63, 3.8) is 0 Å². The van der Waals surface area contributed by atoms with Crippen LogP contribution in [0, 0.1) is 0 Å². The van der Waals surface area contributed by atoms with Gasteiger partial charge in [0.25, 0.3) is 0 Å². The molecule has 1 N–H and O–H groups in total. The zero-order valence-corrected chi connectivity index (χ0v) is 9.03. The third kappa shape index (κ3) is 1.72. The summed E-state index contributed by atoms with van der Waals surface area (Å²) < 4.78 is 4.73. The summed E-state index contributed by atoms with van der Waals surface area (Å²) in [4.78, 5) is 22.6. The van der Waals surface area contributed by atoms with Gasteiger partial charge >= 0.3 is 5.97 Å². The Kier molecular flexibility index (Phi) is 3.01. The molecule has 2 rings (SSSR count). The highest BCUT2D eigenvalue weighted by atomic mass is 16.5. The largest absolute Gasteiger partial charge is 0.468 e. The molecule has 0 saturated carbocycles. The minimum atomic E-state index is -0.518. The summed E-state index contributed by atoms with van der Waals surface area (Å²) in [7, 11) is 1.35. The molecule has 0 aromatic heterocycles. The van der Waals surface area contributed by atoms with E-state index in [1.807, 2.05) is 12.1 Å². The van der Waals surface area contributed by atoms with Crippen molar-refractivity contribution in [3.05, 3.63) is 34.9 Å². The van der Waals surface area contributed by atoms with Crippen LogP contribution in [0.1, 0.15) is 27.5 Å². The van der Waals surface area contributed by atoms with Crippen molar-refractivity contribution in [2.75, 3.05) is 13.7 Å². The molecule has 1 aromatic carbocycles. The van der Waals surface area contributed by atoms with Gasteiger partial charge in [0.2, 0.25) is 0 Å². The number of carbonyl (C=O) groups is 2. The van der Waals surface area contributed by atoms with Crippen LogP contribution in [0.4, 0.5) is 0 Å². The molecule has 0 spiro atoms. The SMILES string of the molecule is COC(=O)C1NCCc2cccc(C=O)c21. The van der Waals surface area contributed by atoms with Crippen LogP contribution in [-0.2, 0) is 16.0 Å². The lowest BCUT2D eigenvalue weighted by atomic mass is 9.90. The summed E-state index contributed by atoms with van der Waals surface area (Å²) in [5.41, 5.74) is 2.36. The number of benzene rings is 1. The van der Waals surface area contributed by atoms with E-state index < -0.39 is 6.04 Å². The maximum Gasteiger partial charge on any atom is 0.327 e. The van der Waals surface area contributed by atoms with Crippen LogP contribution in [0.3, 0.4) is 0 Å². The Labute approximate surface area is 93.6 Å². The Balaban J connectivity index is 2.50. The molecular formula is C12H13NO3. The first kappa shape index (κ1) is 10.8. The summed E-state index contributed by atoms with van der Waals surface area (Å²) in [6, 6.07) is 4.98. The van der Waals surface area contributed by atoms with Gasteiger partial charge in [0.05, 0.1) is 7.11 Å². The van der Waals surface area contributed by atoms with E-state index in [0.29, 0.717) is 5.56 Å². The van der Waals surface area contributed by atoms with Crippen molar-refractivity contribution in [1.82, 2.24) is 5.32 Å². The Morgan fingerprint density at radius 3 is 3.06 bits per heavy atom. The van der Waals surface area contributed by atoms with Crippen molar-refractivity contribution in [2.24, 2.45) is 0 Å². The van der Waals surface area contributed by atoms with E-state index in [9.17, 15) is 9.59 Å². The van der Waals surface area contributed by atoms with E-state index in [4.69, 9.17) is 4.74 Å². The number of ether oxygens (including phenoxy) is 1. The monoisotopic (exact) mass is 219 g/mol. The zero-order valence-electron chi connectivity index (χ0n) is 9.03. The van der Waals surface area contributed by atoms with Gasteiger partial charge in [-0.3, -0.25) is 4.79 Å². The van der Waals surface area contributed by atoms with Crippen molar-refractivity contribution in [3.8, 4) is 0 Å². The molecule has 84 valence electrons. The smallest absolute Gasteiger partial charge is 0.327 e. The highest BCUT2D eigenvalue weighted by Crippen LogP contribution is 2.26. The van der Waals surface area contributed by atoms with Gasteiger partial charge < -0.3 is 10.1 Å². The lowest BCUT2D eigenvalue weighted by molar-refractivity contribution is -0.143. The second kappa shape index (κ2) is 4.45. The van der Waals surface area contributed by atoms with E-state index in [1.54, 1.807) is 6.07 Å². The van der Waals surface area contributed by atoms with Gasteiger partial charge in [0.15, 0.2) is 0 Å². The fraction of sp³-hybridized carbons (Fsp3) is 0.333. The average molecular weight is 219 g/mol. The highest BCUT2D eigenvalue weighted by molar-refractivity contribution is 5.85. The first-order chi connectivity index (χ1) is 7.77. The van der Waals surface area contributed by atoms with Gasteiger partial charge in [0, 0.05) is 12.1 Å². The van der Waals surface area contributed by atoms with Crippen LogP contribution in [0.25, 0.3) is 0 Å². The van der Waals surface area contributed by atoms with E-state index >= 15 is 0 Å². The molecule has 1 heterocycles. The predicted molar refractivity (Wildman–Crippen MR) is 58.3 cm³/mol. The van der Waals surface area contributed by atoms with E-state index in [-0.39, 0.29) is 5.97 Å². The van der Waals surface area contributed by atoms with Crippen LogP contribution < -0.4 is 5.32 Å². The third-order valence-corrected chi connectivity index (χ3v) is 2.83. The van der Waals surface area contributed by atoms with Crippen molar-refractivity contribution in [1.29, 1.82) is 0 Å². The molecule has 0 aliphatic carbocycles. The van der Waals surface area contributed by atoms with Crippen molar-refractivity contribution < 1.29 is 14.3 Å². The van der Waals surface area contributed by atoms with Crippen LogP contribution in [-0.4, -0.2) is 25.9 Å². The molecule has 4 heteroatoms. The molecule has 1 aliphatic rings. The molecule has 1 unspecified atom stereocenters. The molecule has 1 atom stereocenters. The Bertz CT molecular complexity index is 428. The summed E-state index contributed by atoms with van der Waals surface area (Å²) in [6.45, 7) is 0.717. The number of hydrogen-bond donors (Lipinski definition) is 1. The maximum absolute atomic E-state index is 11.6.